The fourth-order valence-electron chi connectivity index (χ4n) is 3.45. The van der Waals surface area contributed by atoms with Crippen molar-refractivity contribution in [2.75, 3.05) is 11.9 Å². The van der Waals surface area contributed by atoms with E-state index < -0.39 is 0 Å². The molecule has 0 heterocycles. The minimum atomic E-state index is 0.407. The van der Waals surface area contributed by atoms with Crippen LogP contribution in [0.3, 0.4) is 0 Å². The van der Waals surface area contributed by atoms with Crippen LogP contribution in [0.2, 0.25) is 0 Å². The van der Waals surface area contributed by atoms with Gasteiger partial charge in [0.15, 0.2) is 0 Å². The molecule has 0 saturated carbocycles. The van der Waals surface area contributed by atoms with E-state index in [2.05, 4.69) is 115 Å². The van der Waals surface area contributed by atoms with Crippen molar-refractivity contribution in [2.24, 2.45) is 0 Å². The summed E-state index contributed by atoms with van der Waals surface area (Å²) in [5.41, 5.74) is 6.36. The second kappa shape index (κ2) is 7.45. The normalized spacial score (nSPS) is 16.2. The molecule has 1 unspecified atom stereocenters. The monoisotopic (exact) mass is 337 g/mol. The summed E-state index contributed by atoms with van der Waals surface area (Å²) in [6.45, 7) is 0. The predicted octanol–water partition coefficient (Wildman–Crippen LogP) is 6.20. The van der Waals surface area contributed by atoms with E-state index in [1.807, 2.05) is 0 Å². The second-order valence-electron chi connectivity index (χ2n) is 6.71. The molecule has 1 heteroatoms. The fraction of sp³-hybridized carbons (Fsp3) is 0.120. The number of anilines is 1. The van der Waals surface area contributed by atoms with Crippen LogP contribution in [0.15, 0.2) is 103 Å². The molecule has 26 heavy (non-hydrogen) atoms. The number of rotatable bonds is 4. The van der Waals surface area contributed by atoms with Crippen LogP contribution in [0.1, 0.15) is 12.0 Å². The van der Waals surface area contributed by atoms with Crippen LogP contribution in [0.4, 0.5) is 5.69 Å². The van der Waals surface area contributed by atoms with Gasteiger partial charge in [-0.05, 0) is 40.8 Å². The third kappa shape index (κ3) is 3.48. The Bertz CT molecular complexity index is 905. The molecule has 3 aromatic carbocycles. The summed E-state index contributed by atoms with van der Waals surface area (Å²) in [6, 6.07) is 30.4. The molecule has 4 rings (SSSR count). The quantitative estimate of drug-likeness (QED) is 0.548. The van der Waals surface area contributed by atoms with Crippen molar-refractivity contribution in [3.63, 3.8) is 0 Å². The minimum Gasteiger partial charge on any atom is -0.368 e. The van der Waals surface area contributed by atoms with Crippen molar-refractivity contribution < 1.29 is 0 Å². The van der Waals surface area contributed by atoms with Crippen LogP contribution in [0.5, 0.6) is 0 Å². The van der Waals surface area contributed by atoms with E-state index in [0.29, 0.717) is 6.04 Å². The maximum atomic E-state index is 2.35. The SMILES string of the molecule is CN(c1ccccc1)C1C=CC(c2ccc(-c3ccccc3)cc2)=CC1. The number of benzene rings is 3. The molecule has 0 bridgehead atoms. The largest absolute Gasteiger partial charge is 0.368 e. The summed E-state index contributed by atoms with van der Waals surface area (Å²) in [5, 5.41) is 0. The predicted molar refractivity (Wildman–Crippen MR) is 112 cm³/mol. The maximum absolute atomic E-state index is 2.35. The summed E-state index contributed by atoms with van der Waals surface area (Å²) in [5.74, 6) is 0. The van der Waals surface area contributed by atoms with Gasteiger partial charge in [-0.25, -0.2) is 0 Å². The van der Waals surface area contributed by atoms with Crippen LogP contribution in [-0.4, -0.2) is 13.1 Å². The van der Waals surface area contributed by atoms with E-state index in [-0.39, 0.29) is 0 Å². The topological polar surface area (TPSA) is 3.24 Å². The van der Waals surface area contributed by atoms with Gasteiger partial charge in [-0.1, -0.05) is 91.0 Å². The standard InChI is InChI=1S/C25H23N/c1-26(24-10-6-3-7-11-24)25-18-16-23(17-19-25)22-14-12-21(13-15-22)20-8-4-2-5-9-20/h2-18,25H,19H2,1H3. The lowest BCUT2D eigenvalue weighted by molar-refractivity contribution is 0.755. The summed E-state index contributed by atoms with van der Waals surface area (Å²) in [7, 11) is 2.16. The Hall–Kier alpha value is -3.06. The highest BCUT2D eigenvalue weighted by atomic mass is 15.1. The van der Waals surface area contributed by atoms with Crippen LogP contribution in [-0.2, 0) is 0 Å². The highest BCUT2D eigenvalue weighted by Crippen LogP contribution is 2.27. The first-order valence-corrected chi connectivity index (χ1v) is 9.13. The number of hydrogen-bond donors (Lipinski definition) is 0. The Morgan fingerprint density at radius 3 is 1.88 bits per heavy atom. The lowest BCUT2D eigenvalue weighted by atomic mass is 9.95. The molecule has 0 amide bonds. The van der Waals surface area contributed by atoms with Gasteiger partial charge in [0.05, 0.1) is 6.04 Å². The third-order valence-corrected chi connectivity index (χ3v) is 5.06. The Kier molecular flexibility index (Phi) is 4.70. The van der Waals surface area contributed by atoms with Crippen LogP contribution in [0, 0.1) is 0 Å². The molecule has 0 radical (unpaired) electrons. The number of nitrogens with zero attached hydrogens (tertiary/aromatic N) is 1. The van der Waals surface area contributed by atoms with E-state index >= 15 is 0 Å². The fourth-order valence-corrected chi connectivity index (χ4v) is 3.45. The minimum absolute atomic E-state index is 0.407. The van der Waals surface area contributed by atoms with E-state index in [9.17, 15) is 0 Å². The molecule has 1 nitrogen and oxygen atoms in total. The first kappa shape index (κ1) is 16.4. The number of allylic oxidation sites excluding steroid dienone is 2. The Labute approximate surface area is 155 Å². The van der Waals surface area contributed by atoms with Gasteiger partial charge in [0, 0.05) is 12.7 Å². The lowest BCUT2D eigenvalue weighted by Gasteiger charge is -2.29. The van der Waals surface area contributed by atoms with Crippen molar-refractivity contribution in [2.45, 2.75) is 12.5 Å². The van der Waals surface area contributed by atoms with Gasteiger partial charge in [-0.15, -0.1) is 0 Å². The number of para-hydroxylation sites is 1. The van der Waals surface area contributed by atoms with Crippen molar-refractivity contribution in [1.82, 2.24) is 0 Å². The van der Waals surface area contributed by atoms with Crippen LogP contribution in [0.25, 0.3) is 16.7 Å². The molecule has 0 N–H and O–H groups in total. The molecule has 128 valence electrons. The summed E-state index contributed by atoms with van der Waals surface area (Å²) in [6.07, 6.45) is 7.94. The maximum Gasteiger partial charge on any atom is 0.0507 e. The Balaban J connectivity index is 1.47. The first-order valence-electron chi connectivity index (χ1n) is 9.13. The number of hydrogen-bond acceptors (Lipinski definition) is 1. The van der Waals surface area contributed by atoms with E-state index in [1.165, 1.54) is 28.0 Å². The van der Waals surface area contributed by atoms with Gasteiger partial charge in [0.25, 0.3) is 0 Å². The van der Waals surface area contributed by atoms with Crippen molar-refractivity contribution in [3.8, 4) is 11.1 Å². The van der Waals surface area contributed by atoms with E-state index in [1.54, 1.807) is 0 Å². The molecule has 1 aliphatic rings. The Morgan fingerprint density at radius 2 is 1.27 bits per heavy atom. The smallest absolute Gasteiger partial charge is 0.0507 e. The zero-order valence-electron chi connectivity index (χ0n) is 15.0. The van der Waals surface area contributed by atoms with Crippen molar-refractivity contribution in [3.05, 3.63) is 109 Å². The molecule has 0 fully saturated rings. The van der Waals surface area contributed by atoms with Gasteiger partial charge in [-0.3, -0.25) is 0 Å². The van der Waals surface area contributed by atoms with Gasteiger partial charge < -0.3 is 4.90 Å². The van der Waals surface area contributed by atoms with Gasteiger partial charge in [0.2, 0.25) is 0 Å². The van der Waals surface area contributed by atoms with Gasteiger partial charge in [0.1, 0.15) is 0 Å². The molecular weight excluding hydrogens is 314 g/mol. The molecule has 0 aromatic heterocycles. The van der Waals surface area contributed by atoms with Gasteiger partial charge >= 0.3 is 0 Å². The zero-order chi connectivity index (χ0) is 17.8. The summed E-state index contributed by atoms with van der Waals surface area (Å²) >= 11 is 0. The Morgan fingerprint density at radius 1 is 0.692 bits per heavy atom. The second-order valence-corrected chi connectivity index (χ2v) is 6.71. The van der Waals surface area contributed by atoms with Crippen LogP contribution >= 0.6 is 0 Å². The summed E-state index contributed by atoms with van der Waals surface area (Å²) in [4.78, 5) is 2.34. The molecule has 1 aliphatic carbocycles. The van der Waals surface area contributed by atoms with Gasteiger partial charge in [-0.2, -0.15) is 0 Å². The number of likely N-dealkylation sites (N-methyl/N-ethyl adjacent to an activating group) is 1. The molecule has 0 spiro atoms. The van der Waals surface area contributed by atoms with E-state index in [4.69, 9.17) is 0 Å². The third-order valence-electron chi connectivity index (χ3n) is 5.06. The molecule has 3 aromatic rings. The molecule has 0 saturated heterocycles. The highest BCUT2D eigenvalue weighted by molar-refractivity contribution is 5.77. The average Bonchev–Trinajstić information content (AvgIpc) is 2.75. The highest BCUT2D eigenvalue weighted by Gasteiger charge is 2.15. The summed E-state index contributed by atoms with van der Waals surface area (Å²) < 4.78 is 0. The molecule has 0 aliphatic heterocycles. The lowest BCUT2D eigenvalue weighted by Crippen LogP contribution is -2.30. The average molecular weight is 337 g/mol. The molecule has 1 atom stereocenters. The zero-order valence-corrected chi connectivity index (χ0v) is 15.0. The van der Waals surface area contributed by atoms with E-state index in [0.717, 1.165) is 6.42 Å². The molecular formula is C25H23N. The van der Waals surface area contributed by atoms with Crippen molar-refractivity contribution >= 4 is 11.3 Å². The first-order chi connectivity index (χ1) is 12.8. The van der Waals surface area contributed by atoms with Crippen LogP contribution < -0.4 is 4.90 Å². The van der Waals surface area contributed by atoms with Crippen molar-refractivity contribution in [1.29, 1.82) is 0 Å².